The Bertz CT molecular complexity index is 793. The Morgan fingerprint density at radius 3 is 1.63 bits per heavy atom. The molecule has 1 unspecified atom stereocenters. The van der Waals surface area contributed by atoms with Crippen LogP contribution in [0.15, 0.2) is 58.8 Å². The number of nitrogens with one attached hydrogen (secondary N) is 1. The van der Waals surface area contributed by atoms with E-state index in [1.807, 2.05) is 48.5 Å². The van der Waals surface area contributed by atoms with E-state index < -0.39 is 0 Å². The molecule has 2 aromatic rings. The van der Waals surface area contributed by atoms with Gasteiger partial charge in [-0.15, -0.1) is 0 Å². The van der Waals surface area contributed by atoms with Gasteiger partial charge in [0.05, 0.1) is 31.2 Å². The van der Waals surface area contributed by atoms with Crippen LogP contribution in [0.4, 0.5) is 11.4 Å². The van der Waals surface area contributed by atoms with E-state index in [1.54, 1.807) is 0 Å². The molecule has 0 saturated heterocycles. The van der Waals surface area contributed by atoms with Gasteiger partial charge >= 0.3 is 0 Å². The molecule has 0 spiro atoms. The van der Waals surface area contributed by atoms with E-state index in [2.05, 4.69) is 22.5 Å². The molecule has 0 aliphatic carbocycles. The minimum Gasteiger partial charge on any atom is -0.494 e. The van der Waals surface area contributed by atoms with Crippen LogP contribution < -0.4 is 14.8 Å². The van der Waals surface area contributed by atoms with Gasteiger partial charge in [-0.25, -0.2) is 0 Å². The zero-order valence-electron chi connectivity index (χ0n) is 21.2. The van der Waals surface area contributed by atoms with E-state index >= 15 is 0 Å². The maximum Gasteiger partial charge on any atom is 0.119 e. The molecule has 7 nitrogen and oxygen atoms in total. The molecule has 35 heavy (non-hydrogen) atoms. The minimum absolute atomic E-state index is 0.210. The van der Waals surface area contributed by atoms with Crippen molar-refractivity contribution in [2.45, 2.75) is 70.8 Å². The summed E-state index contributed by atoms with van der Waals surface area (Å²) in [5, 5.41) is 29.9. The van der Waals surface area contributed by atoms with Crippen LogP contribution in [0.1, 0.15) is 64.7 Å². The van der Waals surface area contributed by atoms with Gasteiger partial charge < -0.3 is 25.0 Å². The summed E-state index contributed by atoms with van der Waals surface area (Å²) in [4.78, 5) is 0. The van der Waals surface area contributed by atoms with Crippen molar-refractivity contribution < 1.29 is 19.7 Å². The second-order valence-electron chi connectivity index (χ2n) is 8.68. The third-order valence-corrected chi connectivity index (χ3v) is 5.76. The van der Waals surface area contributed by atoms with E-state index in [9.17, 15) is 0 Å². The highest BCUT2D eigenvalue weighted by atomic mass is 16.5. The number of unbranched alkanes of at least 4 members (excludes halogenated alkanes) is 6. The van der Waals surface area contributed by atoms with E-state index in [0.717, 1.165) is 87.2 Å². The number of azo groups is 1. The van der Waals surface area contributed by atoms with Gasteiger partial charge in [0.25, 0.3) is 0 Å². The van der Waals surface area contributed by atoms with Gasteiger partial charge in [-0.1, -0.05) is 26.2 Å². The lowest BCUT2D eigenvalue weighted by Gasteiger charge is -2.13. The quantitative estimate of drug-likeness (QED) is 0.150. The fourth-order valence-corrected chi connectivity index (χ4v) is 3.51. The summed E-state index contributed by atoms with van der Waals surface area (Å²) in [7, 11) is 0. The standard InChI is InChI=1S/C28H43N3O4/c1-2-24(23-33)29-19-7-3-5-9-21-34-27-15-11-25(12-16-27)30-31-26-13-17-28(18-14-26)35-22-10-6-4-8-20-32/h11-18,24,29,32-33H,2-10,19-23H2,1H3. The topological polar surface area (TPSA) is 95.7 Å². The number of aliphatic hydroxyl groups is 2. The van der Waals surface area contributed by atoms with Crippen LogP contribution in [0.25, 0.3) is 0 Å². The number of nitrogens with zero attached hydrogens (tertiary/aromatic N) is 2. The summed E-state index contributed by atoms with van der Waals surface area (Å²) in [5.41, 5.74) is 1.55. The van der Waals surface area contributed by atoms with Gasteiger partial charge in [0.1, 0.15) is 11.5 Å². The molecular formula is C28H43N3O4. The molecule has 2 rings (SSSR count). The van der Waals surface area contributed by atoms with Gasteiger partial charge in [-0.3, -0.25) is 0 Å². The van der Waals surface area contributed by atoms with Gasteiger partial charge in [0.15, 0.2) is 0 Å². The van der Waals surface area contributed by atoms with Gasteiger partial charge in [0.2, 0.25) is 0 Å². The van der Waals surface area contributed by atoms with Gasteiger partial charge in [-0.2, -0.15) is 10.2 Å². The van der Waals surface area contributed by atoms with Crippen molar-refractivity contribution in [3.8, 4) is 11.5 Å². The number of hydrogen-bond acceptors (Lipinski definition) is 7. The molecule has 0 saturated carbocycles. The molecule has 0 bridgehead atoms. The maximum atomic E-state index is 9.16. The molecule has 3 N–H and O–H groups in total. The maximum absolute atomic E-state index is 9.16. The smallest absolute Gasteiger partial charge is 0.119 e. The lowest BCUT2D eigenvalue weighted by atomic mass is 10.2. The summed E-state index contributed by atoms with van der Waals surface area (Å²) >= 11 is 0. The zero-order valence-corrected chi connectivity index (χ0v) is 21.2. The lowest BCUT2D eigenvalue weighted by Crippen LogP contribution is -2.32. The van der Waals surface area contributed by atoms with Crippen molar-refractivity contribution in [2.24, 2.45) is 10.2 Å². The van der Waals surface area contributed by atoms with Crippen molar-refractivity contribution in [2.75, 3.05) is 33.0 Å². The van der Waals surface area contributed by atoms with Crippen LogP contribution in [0.2, 0.25) is 0 Å². The molecule has 7 heteroatoms. The Morgan fingerprint density at radius 2 is 1.17 bits per heavy atom. The Kier molecular flexibility index (Phi) is 15.4. The average molecular weight is 486 g/mol. The summed E-state index contributed by atoms with van der Waals surface area (Å²) in [6, 6.07) is 15.5. The molecular weight excluding hydrogens is 442 g/mol. The van der Waals surface area contributed by atoms with Crippen molar-refractivity contribution in [1.82, 2.24) is 5.32 Å². The zero-order chi connectivity index (χ0) is 25.0. The van der Waals surface area contributed by atoms with E-state index in [1.165, 1.54) is 0 Å². The first kappa shape index (κ1) is 28.8. The van der Waals surface area contributed by atoms with E-state index in [-0.39, 0.29) is 19.3 Å². The Balaban J connectivity index is 1.59. The first-order chi connectivity index (χ1) is 17.2. The second kappa shape index (κ2) is 18.8. The number of rotatable bonds is 20. The van der Waals surface area contributed by atoms with Crippen LogP contribution in [0, 0.1) is 0 Å². The highest BCUT2D eigenvalue weighted by Crippen LogP contribution is 2.23. The first-order valence-electron chi connectivity index (χ1n) is 13.1. The molecule has 0 radical (unpaired) electrons. The number of aliphatic hydroxyl groups excluding tert-OH is 2. The second-order valence-corrected chi connectivity index (χ2v) is 8.68. The molecule has 0 aliphatic heterocycles. The van der Waals surface area contributed by atoms with Crippen LogP contribution in [0.3, 0.4) is 0 Å². The van der Waals surface area contributed by atoms with Gasteiger partial charge in [-0.05, 0) is 93.6 Å². The number of ether oxygens (including phenoxy) is 2. The fraction of sp³-hybridized carbons (Fsp3) is 0.571. The molecule has 0 amide bonds. The first-order valence-corrected chi connectivity index (χ1v) is 13.1. The van der Waals surface area contributed by atoms with Crippen LogP contribution in [-0.4, -0.2) is 49.2 Å². The van der Waals surface area contributed by atoms with Crippen molar-refractivity contribution >= 4 is 11.4 Å². The molecule has 0 aromatic heterocycles. The lowest BCUT2D eigenvalue weighted by molar-refractivity contribution is 0.238. The van der Waals surface area contributed by atoms with Crippen LogP contribution in [-0.2, 0) is 0 Å². The van der Waals surface area contributed by atoms with Gasteiger partial charge in [0, 0.05) is 12.6 Å². The highest BCUT2D eigenvalue weighted by molar-refractivity contribution is 5.44. The highest BCUT2D eigenvalue weighted by Gasteiger charge is 2.02. The van der Waals surface area contributed by atoms with Crippen molar-refractivity contribution in [3.63, 3.8) is 0 Å². The predicted molar refractivity (Wildman–Crippen MR) is 141 cm³/mol. The van der Waals surface area contributed by atoms with Crippen molar-refractivity contribution in [3.05, 3.63) is 48.5 Å². The van der Waals surface area contributed by atoms with Crippen LogP contribution >= 0.6 is 0 Å². The largest absolute Gasteiger partial charge is 0.494 e. The normalized spacial score (nSPS) is 12.2. The summed E-state index contributed by atoms with van der Waals surface area (Å²) in [6.45, 7) is 4.91. The molecule has 0 fully saturated rings. The Hall–Kier alpha value is -2.48. The van der Waals surface area contributed by atoms with E-state index in [0.29, 0.717) is 13.2 Å². The Morgan fingerprint density at radius 1 is 0.686 bits per heavy atom. The molecule has 194 valence electrons. The number of benzene rings is 2. The predicted octanol–water partition coefficient (Wildman–Crippen LogP) is 6.33. The Labute approximate surface area is 210 Å². The van der Waals surface area contributed by atoms with Crippen LogP contribution in [0.5, 0.6) is 11.5 Å². The molecule has 1 atom stereocenters. The molecule has 2 aromatic carbocycles. The number of hydrogen-bond donors (Lipinski definition) is 3. The third-order valence-electron chi connectivity index (χ3n) is 5.76. The average Bonchev–Trinajstić information content (AvgIpc) is 2.90. The molecule has 0 heterocycles. The SMILES string of the molecule is CCC(CO)NCCCCCCOc1ccc(N=Nc2ccc(OCCCCCCO)cc2)cc1. The third kappa shape index (κ3) is 13.3. The van der Waals surface area contributed by atoms with Crippen molar-refractivity contribution in [1.29, 1.82) is 0 Å². The van der Waals surface area contributed by atoms with E-state index in [4.69, 9.17) is 19.7 Å². The summed E-state index contributed by atoms with van der Waals surface area (Å²) in [5.74, 6) is 1.67. The summed E-state index contributed by atoms with van der Waals surface area (Å²) in [6.07, 6.45) is 9.37. The fourth-order valence-electron chi connectivity index (χ4n) is 3.51. The molecule has 0 aliphatic rings. The monoisotopic (exact) mass is 485 g/mol. The minimum atomic E-state index is 0.210. The summed E-state index contributed by atoms with van der Waals surface area (Å²) < 4.78 is 11.6.